The van der Waals surface area contributed by atoms with E-state index in [0.717, 1.165) is 5.17 Å². The fourth-order valence-electron chi connectivity index (χ4n) is 0.400. The third-order valence-electron chi connectivity index (χ3n) is 0.800. The summed E-state index contributed by atoms with van der Waals surface area (Å²) in [6.07, 6.45) is 0. The summed E-state index contributed by atoms with van der Waals surface area (Å²) >= 11 is 4.19. The minimum atomic E-state index is -10.7. The molecule has 2 nitrogen and oxygen atoms in total. The van der Waals surface area contributed by atoms with E-state index in [4.69, 9.17) is 0 Å². The maximum atomic E-state index is 9.87. The van der Waals surface area contributed by atoms with E-state index in [0.29, 0.717) is 0 Å². The second kappa shape index (κ2) is 4.01. The fraction of sp³-hybridized carbons (Fsp3) is 0.800. The number of hydrogen-bond acceptors (Lipinski definition) is 0. The Morgan fingerprint density at radius 3 is 1.20 bits per heavy atom. The summed E-state index contributed by atoms with van der Waals surface area (Å²) in [7, 11) is -2.81. The first kappa shape index (κ1) is 17.2. The molecular weight excluding hydrogens is 265 g/mol. The van der Waals surface area contributed by atoms with Crippen LogP contribution >= 0.6 is 20.4 Å². The summed E-state index contributed by atoms with van der Waals surface area (Å²) < 4.78 is 61.1. The molecule has 0 aliphatic carbocycles. The molecular formula is C5H13F6N2PS. The van der Waals surface area contributed by atoms with Crippen molar-refractivity contribution in [1.82, 2.24) is 4.90 Å². The van der Waals surface area contributed by atoms with E-state index in [2.05, 4.69) is 12.6 Å². The van der Waals surface area contributed by atoms with Crippen LogP contribution in [0, 0.1) is 0 Å². The van der Waals surface area contributed by atoms with Gasteiger partial charge in [0, 0.05) is 0 Å². The van der Waals surface area contributed by atoms with Crippen LogP contribution in [-0.2, 0) is 0 Å². The number of rotatable bonds is 0. The van der Waals surface area contributed by atoms with E-state index in [9.17, 15) is 25.2 Å². The van der Waals surface area contributed by atoms with Crippen molar-refractivity contribution in [3.05, 3.63) is 0 Å². The molecule has 0 unspecified atom stereocenters. The van der Waals surface area contributed by atoms with Gasteiger partial charge in [-0.25, -0.2) is 0 Å². The zero-order valence-electron chi connectivity index (χ0n) is 8.56. The van der Waals surface area contributed by atoms with Crippen molar-refractivity contribution >= 4 is 25.6 Å². The fourth-order valence-corrected chi connectivity index (χ4v) is 0.400. The van der Waals surface area contributed by atoms with E-state index in [1.807, 2.05) is 37.7 Å². The predicted octanol–water partition coefficient (Wildman–Crippen LogP) is 3.49. The van der Waals surface area contributed by atoms with Gasteiger partial charge < -0.3 is 0 Å². The van der Waals surface area contributed by atoms with Crippen molar-refractivity contribution in [1.29, 1.82) is 0 Å². The standard InChI is InChI=1S/C5H12N2S.F6P/c1-6(2)5(8)7(3)4;1-7(2,3,4,5)6/h1-4H3;/q;-1/p+1. The van der Waals surface area contributed by atoms with Gasteiger partial charge in [-0.2, -0.15) is 0 Å². The van der Waals surface area contributed by atoms with Crippen molar-refractivity contribution in [2.24, 2.45) is 0 Å². The Morgan fingerprint density at radius 2 is 1.20 bits per heavy atom. The second-order valence-electron chi connectivity index (χ2n) is 3.05. The van der Waals surface area contributed by atoms with Crippen molar-refractivity contribution in [3.63, 3.8) is 0 Å². The number of thiol groups is 1. The Bertz CT molecular complexity index is 239. The quantitative estimate of drug-likeness (QED) is 0.178. The van der Waals surface area contributed by atoms with Crippen molar-refractivity contribution in [2.45, 2.75) is 0 Å². The maximum absolute atomic E-state index is 10.7. The van der Waals surface area contributed by atoms with E-state index in [1.54, 1.807) is 0 Å². The van der Waals surface area contributed by atoms with E-state index >= 15 is 0 Å². The number of hydrogen-bond donors (Lipinski definition) is 1. The summed E-state index contributed by atoms with van der Waals surface area (Å²) in [6, 6.07) is 0. The van der Waals surface area contributed by atoms with Crippen molar-refractivity contribution < 1.29 is 29.8 Å². The minimum absolute atomic E-state index is 0.963. The summed E-state index contributed by atoms with van der Waals surface area (Å²) in [6.45, 7) is 0. The van der Waals surface area contributed by atoms with Gasteiger partial charge in [0.25, 0.3) is 0 Å². The van der Waals surface area contributed by atoms with Crippen molar-refractivity contribution in [3.8, 4) is 0 Å². The summed E-state index contributed by atoms with van der Waals surface area (Å²) in [5.41, 5.74) is 0. The van der Waals surface area contributed by atoms with Crippen LogP contribution in [0.4, 0.5) is 25.2 Å². The molecule has 96 valence electrons. The SMILES string of the molecule is CN(C)C(S)=[N+](C)C.F[P-](F)(F)(F)(F)F. The van der Waals surface area contributed by atoms with Crippen LogP contribution in [0.5, 0.6) is 0 Å². The molecule has 0 aromatic heterocycles. The van der Waals surface area contributed by atoms with Crippen LogP contribution < -0.4 is 0 Å². The van der Waals surface area contributed by atoms with Gasteiger partial charge in [0.2, 0.25) is 0 Å². The van der Waals surface area contributed by atoms with Crippen LogP contribution in [0.25, 0.3) is 0 Å². The van der Waals surface area contributed by atoms with Crippen molar-refractivity contribution in [2.75, 3.05) is 28.2 Å². The number of amidine groups is 1. The van der Waals surface area contributed by atoms with Crippen LogP contribution in [0.3, 0.4) is 0 Å². The molecule has 0 saturated heterocycles. The molecule has 15 heavy (non-hydrogen) atoms. The van der Waals surface area contributed by atoms with Crippen LogP contribution in [0.2, 0.25) is 0 Å². The molecule has 0 saturated carbocycles. The molecule has 0 amide bonds. The average molecular weight is 278 g/mol. The van der Waals surface area contributed by atoms with Gasteiger partial charge in [-0.1, -0.05) is 12.6 Å². The summed E-state index contributed by atoms with van der Waals surface area (Å²) in [5, 5.41) is 0.963. The molecule has 0 rings (SSSR count). The van der Waals surface area contributed by atoms with Gasteiger partial charge in [0.1, 0.15) is 0 Å². The van der Waals surface area contributed by atoms with Gasteiger partial charge in [-0.3, -0.25) is 9.48 Å². The molecule has 0 N–H and O–H groups in total. The molecule has 0 aromatic rings. The number of halogens is 6. The molecule has 0 fully saturated rings. The normalized spacial score (nSPS) is 15.4. The molecule has 0 aromatic carbocycles. The van der Waals surface area contributed by atoms with Crippen LogP contribution in [-0.4, -0.2) is 42.8 Å². The van der Waals surface area contributed by atoms with Crippen LogP contribution in [0.1, 0.15) is 0 Å². The van der Waals surface area contributed by atoms with Gasteiger partial charge in [-0.15, -0.1) is 0 Å². The Hall–Kier alpha value is -0.170. The second-order valence-corrected chi connectivity index (χ2v) is 5.36. The molecule has 0 radical (unpaired) electrons. The molecule has 0 heterocycles. The van der Waals surface area contributed by atoms with Crippen LogP contribution in [0.15, 0.2) is 0 Å². The van der Waals surface area contributed by atoms with Gasteiger partial charge in [-0.05, 0) is 0 Å². The first-order valence-corrected chi connectivity index (χ1v) is 5.95. The third-order valence-corrected chi connectivity index (χ3v) is 1.60. The van der Waals surface area contributed by atoms with E-state index in [1.165, 1.54) is 0 Å². The Balaban J connectivity index is 0. The third kappa shape index (κ3) is 31.6. The molecule has 0 bridgehead atoms. The Morgan fingerprint density at radius 1 is 1.00 bits per heavy atom. The zero-order chi connectivity index (χ0) is 13.1. The Kier molecular flexibility index (Phi) is 4.61. The van der Waals surface area contributed by atoms with E-state index in [-0.39, 0.29) is 0 Å². The topological polar surface area (TPSA) is 6.25 Å². The van der Waals surface area contributed by atoms with E-state index < -0.39 is 7.81 Å². The molecule has 0 aliphatic heterocycles. The molecule has 0 atom stereocenters. The summed E-state index contributed by atoms with van der Waals surface area (Å²) in [5.74, 6) is 0. The number of nitrogens with zero attached hydrogens (tertiary/aromatic N) is 2. The molecule has 10 heteroatoms. The van der Waals surface area contributed by atoms with Gasteiger partial charge in [0.05, 0.1) is 28.2 Å². The molecule has 0 aliphatic rings. The Labute approximate surface area is 89.2 Å². The predicted molar refractivity (Wildman–Crippen MR) is 53.4 cm³/mol. The zero-order valence-corrected chi connectivity index (χ0v) is 10.3. The average Bonchev–Trinajstić information content (AvgIpc) is 1.77. The monoisotopic (exact) mass is 278 g/mol. The van der Waals surface area contributed by atoms with Gasteiger partial charge in [0.15, 0.2) is 0 Å². The van der Waals surface area contributed by atoms with Gasteiger partial charge >= 0.3 is 38.2 Å². The first-order valence-electron chi connectivity index (χ1n) is 3.47. The first-order chi connectivity index (χ1) is 6.00. The summed E-state index contributed by atoms with van der Waals surface area (Å²) in [4.78, 5) is 1.95. The molecule has 0 spiro atoms.